The first-order chi connectivity index (χ1) is 11.3. The lowest BCUT2D eigenvalue weighted by atomic mass is 10.2. The Morgan fingerprint density at radius 3 is 2.54 bits per heavy atom. The van der Waals surface area contributed by atoms with E-state index >= 15 is 0 Å². The summed E-state index contributed by atoms with van der Waals surface area (Å²) in [5.41, 5.74) is -1.07. The molecule has 0 atom stereocenters. The van der Waals surface area contributed by atoms with Gasteiger partial charge >= 0.3 is 5.69 Å². The Labute approximate surface area is 135 Å². The van der Waals surface area contributed by atoms with Crippen molar-refractivity contribution in [2.45, 2.75) is 13.5 Å². The van der Waals surface area contributed by atoms with Crippen LogP contribution in [0.3, 0.4) is 0 Å². The molecule has 0 fully saturated rings. The number of ether oxygens (including phenoxy) is 1. The SMILES string of the molecule is CCn1cc([N+](=O)[O-])c(C(=O)Nc2cc(OC)cc([N+](=O)[O-])c2)n1. The van der Waals surface area contributed by atoms with Gasteiger partial charge in [-0.25, -0.2) is 0 Å². The first-order valence-electron chi connectivity index (χ1n) is 6.72. The van der Waals surface area contributed by atoms with E-state index in [2.05, 4.69) is 10.4 Å². The fourth-order valence-corrected chi connectivity index (χ4v) is 1.94. The van der Waals surface area contributed by atoms with Crippen LogP contribution in [0.5, 0.6) is 5.75 Å². The highest BCUT2D eigenvalue weighted by Crippen LogP contribution is 2.27. The molecule has 11 nitrogen and oxygen atoms in total. The molecule has 0 radical (unpaired) electrons. The second kappa shape index (κ2) is 6.73. The number of rotatable bonds is 6. The van der Waals surface area contributed by atoms with E-state index in [9.17, 15) is 25.0 Å². The molecule has 1 aromatic heterocycles. The van der Waals surface area contributed by atoms with Crippen LogP contribution in [0.15, 0.2) is 24.4 Å². The Morgan fingerprint density at radius 1 is 1.29 bits per heavy atom. The number of carbonyl (C=O) groups excluding carboxylic acids is 1. The van der Waals surface area contributed by atoms with E-state index in [1.807, 2.05) is 0 Å². The number of anilines is 1. The number of benzene rings is 1. The number of nitrogens with zero attached hydrogens (tertiary/aromatic N) is 4. The van der Waals surface area contributed by atoms with Crippen LogP contribution < -0.4 is 10.1 Å². The summed E-state index contributed by atoms with van der Waals surface area (Å²) in [4.78, 5) is 32.8. The summed E-state index contributed by atoms with van der Waals surface area (Å²) < 4.78 is 6.18. The van der Waals surface area contributed by atoms with E-state index in [4.69, 9.17) is 4.74 Å². The Hall–Kier alpha value is -3.50. The van der Waals surface area contributed by atoms with Gasteiger partial charge in [0.2, 0.25) is 5.69 Å². The molecule has 0 unspecified atom stereocenters. The third-order valence-corrected chi connectivity index (χ3v) is 3.07. The van der Waals surface area contributed by atoms with Gasteiger partial charge in [-0.15, -0.1) is 0 Å². The largest absolute Gasteiger partial charge is 0.496 e. The molecule has 0 aliphatic rings. The smallest absolute Gasteiger partial charge is 0.320 e. The molecule has 1 amide bonds. The molecule has 0 saturated carbocycles. The normalized spacial score (nSPS) is 10.2. The molecule has 0 spiro atoms. The van der Waals surface area contributed by atoms with Crippen LogP contribution in [0.25, 0.3) is 0 Å². The van der Waals surface area contributed by atoms with Gasteiger partial charge in [0.15, 0.2) is 0 Å². The van der Waals surface area contributed by atoms with Gasteiger partial charge in [-0.1, -0.05) is 0 Å². The van der Waals surface area contributed by atoms with Crippen molar-refractivity contribution in [3.8, 4) is 5.75 Å². The third-order valence-electron chi connectivity index (χ3n) is 3.07. The molecule has 0 saturated heterocycles. The van der Waals surface area contributed by atoms with Crippen molar-refractivity contribution < 1.29 is 19.4 Å². The molecular weight excluding hydrogens is 322 g/mol. The van der Waals surface area contributed by atoms with Crippen molar-refractivity contribution >= 4 is 23.0 Å². The van der Waals surface area contributed by atoms with Gasteiger partial charge in [0.25, 0.3) is 11.6 Å². The zero-order valence-corrected chi connectivity index (χ0v) is 12.8. The van der Waals surface area contributed by atoms with Crippen LogP contribution >= 0.6 is 0 Å². The maximum atomic E-state index is 12.2. The van der Waals surface area contributed by atoms with Crippen LogP contribution in [0.4, 0.5) is 17.1 Å². The van der Waals surface area contributed by atoms with Gasteiger partial charge in [0.05, 0.1) is 28.7 Å². The van der Waals surface area contributed by atoms with E-state index in [1.165, 1.54) is 23.9 Å². The lowest BCUT2D eigenvalue weighted by molar-refractivity contribution is -0.385. The predicted octanol–water partition coefficient (Wildman–Crippen LogP) is 1.98. The van der Waals surface area contributed by atoms with Crippen molar-refractivity contribution in [1.82, 2.24) is 9.78 Å². The Balaban J connectivity index is 2.36. The number of nitro groups is 2. The third kappa shape index (κ3) is 3.45. The van der Waals surface area contributed by atoms with Crippen LogP contribution in [-0.4, -0.2) is 32.6 Å². The van der Waals surface area contributed by atoms with E-state index in [0.717, 1.165) is 12.3 Å². The van der Waals surface area contributed by atoms with Gasteiger partial charge in [0.1, 0.15) is 11.9 Å². The first kappa shape index (κ1) is 16.9. The fourth-order valence-electron chi connectivity index (χ4n) is 1.94. The lowest BCUT2D eigenvalue weighted by Gasteiger charge is -2.06. The van der Waals surface area contributed by atoms with Gasteiger partial charge in [-0.2, -0.15) is 5.10 Å². The summed E-state index contributed by atoms with van der Waals surface area (Å²) in [5.74, 6) is -0.690. The van der Waals surface area contributed by atoms with Gasteiger partial charge in [-0.3, -0.25) is 29.7 Å². The summed E-state index contributed by atoms with van der Waals surface area (Å²) in [6, 6.07) is 3.65. The monoisotopic (exact) mass is 335 g/mol. The number of carbonyl (C=O) groups is 1. The number of aromatic nitrogens is 2. The maximum absolute atomic E-state index is 12.2. The lowest BCUT2D eigenvalue weighted by Crippen LogP contribution is -2.15. The topological polar surface area (TPSA) is 142 Å². The number of hydrogen-bond donors (Lipinski definition) is 1. The Bertz CT molecular complexity index is 815. The van der Waals surface area contributed by atoms with Gasteiger partial charge in [0, 0.05) is 18.7 Å². The highest BCUT2D eigenvalue weighted by atomic mass is 16.6. The zero-order chi connectivity index (χ0) is 17.9. The molecule has 1 aromatic carbocycles. The number of methoxy groups -OCH3 is 1. The molecule has 24 heavy (non-hydrogen) atoms. The average molecular weight is 335 g/mol. The standard InChI is InChI=1S/C13H13N5O6/c1-3-16-7-11(18(22)23)12(15-16)13(19)14-8-4-9(17(20)21)6-10(5-8)24-2/h4-7H,3H2,1-2H3,(H,14,19). The van der Waals surface area contributed by atoms with Crippen molar-refractivity contribution in [3.05, 3.63) is 50.3 Å². The molecule has 1 heterocycles. The molecule has 2 rings (SSSR count). The van der Waals surface area contributed by atoms with Crippen LogP contribution in [-0.2, 0) is 6.54 Å². The number of hydrogen-bond acceptors (Lipinski definition) is 7. The summed E-state index contributed by atoms with van der Waals surface area (Å²) in [5, 5.41) is 28.1. The zero-order valence-electron chi connectivity index (χ0n) is 12.8. The summed E-state index contributed by atoms with van der Waals surface area (Å²) in [6.45, 7) is 2.06. The second-order valence-corrected chi connectivity index (χ2v) is 4.61. The maximum Gasteiger partial charge on any atom is 0.320 e. The number of non-ortho nitro benzene ring substituents is 1. The van der Waals surface area contributed by atoms with Gasteiger partial charge in [-0.05, 0) is 6.92 Å². The average Bonchev–Trinajstić information content (AvgIpc) is 2.99. The summed E-state index contributed by atoms with van der Waals surface area (Å²) in [7, 11) is 1.32. The minimum Gasteiger partial charge on any atom is -0.496 e. The van der Waals surface area contributed by atoms with E-state index in [0.29, 0.717) is 6.54 Å². The Morgan fingerprint density at radius 2 is 2.00 bits per heavy atom. The molecule has 0 bridgehead atoms. The fraction of sp³-hybridized carbons (Fsp3) is 0.231. The van der Waals surface area contributed by atoms with Crippen molar-refractivity contribution in [1.29, 1.82) is 0 Å². The highest BCUT2D eigenvalue weighted by molar-refractivity contribution is 6.05. The van der Waals surface area contributed by atoms with Crippen molar-refractivity contribution in [2.75, 3.05) is 12.4 Å². The molecule has 11 heteroatoms. The molecule has 2 aromatic rings. The molecule has 1 N–H and O–H groups in total. The highest BCUT2D eigenvalue weighted by Gasteiger charge is 2.26. The number of nitro benzene ring substituents is 1. The number of aryl methyl sites for hydroxylation is 1. The molecular formula is C13H13N5O6. The summed E-state index contributed by atoms with van der Waals surface area (Å²) in [6.07, 6.45) is 1.14. The van der Waals surface area contributed by atoms with Crippen LogP contribution in [0.2, 0.25) is 0 Å². The van der Waals surface area contributed by atoms with E-state index in [-0.39, 0.29) is 22.8 Å². The van der Waals surface area contributed by atoms with Crippen LogP contribution in [0.1, 0.15) is 17.4 Å². The number of amides is 1. The number of nitrogens with one attached hydrogen (secondary N) is 1. The quantitative estimate of drug-likeness (QED) is 0.628. The molecule has 126 valence electrons. The van der Waals surface area contributed by atoms with Crippen molar-refractivity contribution in [3.63, 3.8) is 0 Å². The molecule has 0 aliphatic heterocycles. The second-order valence-electron chi connectivity index (χ2n) is 4.61. The summed E-state index contributed by atoms with van der Waals surface area (Å²) >= 11 is 0. The van der Waals surface area contributed by atoms with E-state index < -0.39 is 21.4 Å². The first-order valence-corrected chi connectivity index (χ1v) is 6.72. The van der Waals surface area contributed by atoms with E-state index in [1.54, 1.807) is 6.92 Å². The van der Waals surface area contributed by atoms with Gasteiger partial charge < -0.3 is 10.1 Å². The van der Waals surface area contributed by atoms with Crippen LogP contribution in [0, 0.1) is 20.2 Å². The Kier molecular flexibility index (Phi) is 4.73. The minimum absolute atomic E-state index is 0.0615. The predicted molar refractivity (Wildman–Crippen MR) is 82.2 cm³/mol. The van der Waals surface area contributed by atoms with Crippen molar-refractivity contribution in [2.24, 2.45) is 0 Å². The minimum atomic E-state index is -0.851. The molecule has 0 aliphatic carbocycles.